The van der Waals surface area contributed by atoms with Gasteiger partial charge in [0, 0.05) is 12.2 Å². The lowest BCUT2D eigenvalue weighted by Crippen LogP contribution is -2.15. The molecule has 8 heavy (non-hydrogen) atoms. The van der Waals surface area contributed by atoms with E-state index in [0.717, 1.165) is 23.9 Å². The fourth-order valence-corrected chi connectivity index (χ4v) is 1.32. The van der Waals surface area contributed by atoms with Crippen LogP contribution in [0.15, 0.2) is 0 Å². The summed E-state index contributed by atoms with van der Waals surface area (Å²) in [6.45, 7) is 0. The maximum atomic E-state index is 10.4. The lowest BCUT2D eigenvalue weighted by atomic mass is 10.2. The lowest BCUT2D eigenvalue weighted by Gasteiger charge is -2.03. The molecule has 0 aromatic rings. The summed E-state index contributed by atoms with van der Waals surface area (Å²) < 4.78 is 0. The van der Waals surface area contributed by atoms with Gasteiger partial charge >= 0.3 is 0 Å². The van der Waals surface area contributed by atoms with Crippen molar-refractivity contribution in [2.45, 2.75) is 12.8 Å². The lowest BCUT2D eigenvalue weighted by molar-refractivity contribution is -0.131. The fourth-order valence-electron chi connectivity index (χ4n) is 0.580. The van der Waals surface area contributed by atoms with Gasteiger partial charge in [0.05, 0.1) is 0 Å². The SMILES string of the molecule is O=C1CCCSC1=O. The van der Waals surface area contributed by atoms with Gasteiger partial charge in [-0.15, -0.1) is 0 Å². The number of thioether (sulfide) groups is 1. The van der Waals surface area contributed by atoms with Crippen LogP contribution in [0.5, 0.6) is 0 Å². The van der Waals surface area contributed by atoms with Crippen LogP contribution in [0.25, 0.3) is 0 Å². The van der Waals surface area contributed by atoms with E-state index in [0.29, 0.717) is 6.42 Å². The van der Waals surface area contributed by atoms with Crippen molar-refractivity contribution in [3.05, 3.63) is 0 Å². The van der Waals surface area contributed by atoms with Crippen LogP contribution in [0.1, 0.15) is 12.8 Å². The number of hydrogen-bond donors (Lipinski definition) is 0. The molecule has 2 nitrogen and oxygen atoms in total. The van der Waals surface area contributed by atoms with Crippen LogP contribution in [0, 0.1) is 0 Å². The Bertz CT molecular complexity index is 114. The van der Waals surface area contributed by atoms with E-state index >= 15 is 0 Å². The van der Waals surface area contributed by atoms with E-state index < -0.39 is 0 Å². The first kappa shape index (κ1) is 5.82. The smallest absolute Gasteiger partial charge is 0.254 e. The third-order valence-corrected chi connectivity index (χ3v) is 1.99. The Morgan fingerprint density at radius 2 is 2.12 bits per heavy atom. The van der Waals surface area contributed by atoms with Crippen LogP contribution < -0.4 is 0 Å². The van der Waals surface area contributed by atoms with Gasteiger partial charge in [-0.1, -0.05) is 11.8 Å². The van der Waals surface area contributed by atoms with Crippen LogP contribution >= 0.6 is 11.8 Å². The first-order valence-corrected chi connectivity index (χ1v) is 3.49. The predicted octanol–water partition coefficient (Wildman–Crippen LogP) is 0.609. The monoisotopic (exact) mass is 130 g/mol. The molecule has 1 saturated heterocycles. The summed E-state index contributed by atoms with van der Waals surface area (Å²) in [4.78, 5) is 20.8. The summed E-state index contributed by atoms with van der Waals surface area (Å²) in [7, 11) is 0. The number of carbonyl (C=O) groups excluding carboxylic acids is 2. The first-order chi connectivity index (χ1) is 3.80. The molecule has 0 aromatic heterocycles. The molecule has 0 N–H and O–H groups in total. The minimum atomic E-state index is -0.253. The van der Waals surface area contributed by atoms with Gasteiger partial charge in [-0.2, -0.15) is 0 Å². The molecule has 0 radical (unpaired) electrons. The Morgan fingerprint density at radius 3 is 2.50 bits per heavy atom. The third-order valence-electron chi connectivity index (χ3n) is 1.01. The Labute approximate surface area is 51.6 Å². The van der Waals surface area contributed by atoms with E-state index in [1.807, 2.05) is 0 Å². The molecule has 1 heterocycles. The van der Waals surface area contributed by atoms with Gasteiger partial charge in [0.1, 0.15) is 0 Å². The molecule has 1 aliphatic rings. The number of Topliss-reactive ketones (excluding diaryl/α,β-unsaturated/α-hetero) is 1. The van der Waals surface area contributed by atoms with Crippen molar-refractivity contribution < 1.29 is 9.59 Å². The average Bonchev–Trinajstić information content (AvgIpc) is 1.77. The second-order valence-corrected chi connectivity index (χ2v) is 2.73. The van der Waals surface area contributed by atoms with Crippen molar-refractivity contribution in [3.8, 4) is 0 Å². The highest BCUT2D eigenvalue weighted by atomic mass is 32.2. The molecule has 0 saturated carbocycles. The minimum Gasteiger partial charge on any atom is -0.290 e. The average molecular weight is 130 g/mol. The van der Waals surface area contributed by atoms with E-state index in [4.69, 9.17) is 0 Å². The van der Waals surface area contributed by atoms with Gasteiger partial charge in [0.25, 0.3) is 5.12 Å². The molecule has 0 aromatic carbocycles. The zero-order valence-corrected chi connectivity index (χ0v) is 5.16. The molecule has 0 unspecified atom stereocenters. The van der Waals surface area contributed by atoms with Crippen molar-refractivity contribution in [1.82, 2.24) is 0 Å². The molecule has 3 heteroatoms. The van der Waals surface area contributed by atoms with E-state index in [1.165, 1.54) is 0 Å². The van der Waals surface area contributed by atoms with Crippen LogP contribution in [-0.2, 0) is 9.59 Å². The number of ketones is 1. The van der Waals surface area contributed by atoms with Crippen molar-refractivity contribution in [2.24, 2.45) is 0 Å². The van der Waals surface area contributed by atoms with Gasteiger partial charge in [-0.05, 0) is 6.42 Å². The highest BCUT2D eigenvalue weighted by Crippen LogP contribution is 2.14. The Morgan fingerprint density at radius 1 is 1.38 bits per heavy atom. The van der Waals surface area contributed by atoms with Crippen LogP contribution in [0.2, 0.25) is 0 Å². The molecule has 0 atom stereocenters. The van der Waals surface area contributed by atoms with Crippen LogP contribution in [-0.4, -0.2) is 16.7 Å². The molecule has 1 rings (SSSR count). The topological polar surface area (TPSA) is 34.1 Å². The zero-order chi connectivity index (χ0) is 5.98. The quantitative estimate of drug-likeness (QED) is 0.450. The Kier molecular flexibility index (Phi) is 1.68. The number of carbonyl (C=O) groups is 2. The zero-order valence-electron chi connectivity index (χ0n) is 4.35. The van der Waals surface area contributed by atoms with Crippen molar-refractivity contribution in [3.63, 3.8) is 0 Å². The summed E-state index contributed by atoms with van der Waals surface area (Å²) in [6.07, 6.45) is 1.33. The minimum absolute atomic E-state index is 0.207. The standard InChI is InChI=1S/C5H6O2S/c6-4-2-1-3-8-5(4)7/h1-3H2. The Balaban J connectivity index is 2.52. The summed E-state index contributed by atoms with van der Waals surface area (Å²) in [5.41, 5.74) is 0. The molecular weight excluding hydrogens is 124 g/mol. The van der Waals surface area contributed by atoms with Crippen LogP contribution in [0.3, 0.4) is 0 Å². The summed E-state index contributed by atoms with van der Waals surface area (Å²) in [5, 5.41) is -0.253. The summed E-state index contributed by atoms with van der Waals surface area (Å²) >= 11 is 1.14. The number of rotatable bonds is 0. The van der Waals surface area contributed by atoms with Crippen molar-refractivity contribution in [2.75, 3.05) is 5.75 Å². The molecule has 0 aliphatic carbocycles. The fraction of sp³-hybridized carbons (Fsp3) is 0.600. The highest BCUT2D eigenvalue weighted by Gasteiger charge is 2.17. The molecule has 0 amide bonds. The maximum Gasteiger partial charge on any atom is 0.254 e. The van der Waals surface area contributed by atoms with Gasteiger partial charge in [0.2, 0.25) is 5.78 Å². The third kappa shape index (κ3) is 1.10. The van der Waals surface area contributed by atoms with Gasteiger partial charge in [-0.3, -0.25) is 9.59 Å². The van der Waals surface area contributed by atoms with E-state index in [9.17, 15) is 9.59 Å². The van der Waals surface area contributed by atoms with E-state index in [-0.39, 0.29) is 10.9 Å². The molecule has 0 bridgehead atoms. The first-order valence-electron chi connectivity index (χ1n) is 2.50. The van der Waals surface area contributed by atoms with Gasteiger partial charge in [0.15, 0.2) is 0 Å². The van der Waals surface area contributed by atoms with Gasteiger partial charge in [-0.25, -0.2) is 0 Å². The number of hydrogen-bond acceptors (Lipinski definition) is 3. The largest absolute Gasteiger partial charge is 0.290 e. The van der Waals surface area contributed by atoms with Gasteiger partial charge < -0.3 is 0 Å². The molecule has 44 valence electrons. The normalized spacial score (nSPS) is 21.5. The van der Waals surface area contributed by atoms with E-state index in [2.05, 4.69) is 0 Å². The molecule has 1 fully saturated rings. The predicted molar refractivity (Wildman–Crippen MR) is 31.7 cm³/mol. The molecule has 1 aliphatic heterocycles. The maximum absolute atomic E-state index is 10.4. The molecular formula is C5H6O2S. The summed E-state index contributed by atoms with van der Waals surface area (Å²) in [6, 6.07) is 0. The molecule has 0 spiro atoms. The summed E-state index contributed by atoms with van der Waals surface area (Å²) in [5.74, 6) is 0.617. The second kappa shape index (κ2) is 2.31. The highest BCUT2D eigenvalue weighted by molar-refractivity contribution is 8.15. The Hall–Kier alpha value is -0.310. The van der Waals surface area contributed by atoms with E-state index in [1.54, 1.807) is 0 Å². The van der Waals surface area contributed by atoms with Crippen molar-refractivity contribution in [1.29, 1.82) is 0 Å². The van der Waals surface area contributed by atoms with Crippen molar-refractivity contribution >= 4 is 22.7 Å². The second-order valence-electron chi connectivity index (χ2n) is 1.66. The van der Waals surface area contributed by atoms with Crippen LogP contribution in [0.4, 0.5) is 0 Å².